The highest BCUT2D eigenvalue weighted by molar-refractivity contribution is 7.07. The Labute approximate surface area is 121 Å². The minimum absolute atomic E-state index is 0.0982. The zero-order chi connectivity index (χ0) is 13.7. The molecule has 0 amide bonds. The molecule has 2 heterocycles. The zero-order valence-electron chi connectivity index (χ0n) is 12.2. The van der Waals surface area contributed by atoms with Crippen molar-refractivity contribution in [1.29, 1.82) is 0 Å². The topological polar surface area (TPSA) is 41.3 Å². The van der Waals surface area contributed by atoms with E-state index in [1.54, 1.807) is 11.3 Å². The van der Waals surface area contributed by atoms with Gasteiger partial charge in [-0.1, -0.05) is 12.8 Å². The standard InChI is InChI=1S/C15H27N3S/c1-15(2,18-8-5-3-4-6-9-18)14(17-16)11-13-7-10-19-12-13/h7,10,12,14,17H,3-6,8-9,11,16H2,1-2H3. The summed E-state index contributed by atoms with van der Waals surface area (Å²) in [4.78, 5) is 2.62. The molecule has 3 N–H and O–H groups in total. The van der Waals surface area contributed by atoms with Crippen LogP contribution in [0.5, 0.6) is 0 Å². The van der Waals surface area contributed by atoms with Gasteiger partial charge in [0, 0.05) is 11.6 Å². The molecule has 0 aliphatic carbocycles. The van der Waals surface area contributed by atoms with E-state index in [1.165, 1.54) is 44.3 Å². The molecule has 0 bridgehead atoms. The van der Waals surface area contributed by atoms with E-state index in [0.29, 0.717) is 6.04 Å². The van der Waals surface area contributed by atoms with Crippen molar-refractivity contribution < 1.29 is 0 Å². The van der Waals surface area contributed by atoms with Crippen LogP contribution in [0.3, 0.4) is 0 Å². The van der Waals surface area contributed by atoms with Crippen LogP contribution in [0, 0.1) is 0 Å². The Morgan fingerprint density at radius 2 is 2.00 bits per heavy atom. The van der Waals surface area contributed by atoms with Crippen molar-refractivity contribution in [2.45, 2.75) is 57.5 Å². The van der Waals surface area contributed by atoms with Gasteiger partial charge in [-0.15, -0.1) is 0 Å². The van der Waals surface area contributed by atoms with Gasteiger partial charge in [0.05, 0.1) is 0 Å². The van der Waals surface area contributed by atoms with Crippen molar-refractivity contribution in [2.24, 2.45) is 5.84 Å². The van der Waals surface area contributed by atoms with Gasteiger partial charge in [-0.3, -0.25) is 16.2 Å². The van der Waals surface area contributed by atoms with E-state index in [4.69, 9.17) is 5.84 Å². The summed E-state index contributed by atoms with van der Waals surface area (Å²) in [5.74, 6) is 5.85. The lowest BCUT2D eigenvalue weighted by Gasteiger charge is -2.43. The summed E-state index contributed by atoms with van der Waals surface area (Å²) in [6.45, 7) is 7.06. The molecule has 108 valence electrons. The molecule has 1 unspecified atom stereocenters. The number of hydrogen-bond donors (Lipinski definition) is 2. The minimum atomic E-state index is 0.0982. The van der Waals surface area contributed by atoms with Crippen LogP contribution >= 0.6 is 11.3 Å². The van der Waals surface area contributed by atoms with Crippen molar-refractivity contribution in [3.8, 4) is 0 Å². The van der Waals surface area contributed by atoms with Crippen molar-refractivity contribution in [1.82, 2.24) is 10.3 Å². The largest absolute Gasteiger partial charge is 0.297 e. The number of likely N-dealkylation sites (tertiary alicyclic amines) is 1. The van der Waals surface area contributed by atoms with E-state index in [2.05, 4.69) is 41.0 Å². The van der Waals surface area contributed by atoms with Crippen LogP contribution in [-0.2, 0) is 6.42 Å². The highest BCUT2D eigenvalue weighted by Crippen LogP contribution is 2.25. The van der Waals surface area contributed by atoms with Crippen LogP contribution in [0.4, 0.5) is 0 Å². The molecular formula is C15H27N3S. The van der Waals surface area contributed by atoms with Gasteiger partial charge in [0.15, 0.2) is 0 Å². The smallest absolute Gasteiger partial charge is 0.0429 e. The van der Waals surface area contributed by atoms with Crippen LogP contribution < -0.4 is 11.3 Å². The Kier molecular flexibility index (Phi) is 5.39. The number of thiophene rings is 1. The van der Waals surface area contributed by atoms with E-state index >= 15 is 0 Å². The highest BCUT2D eigenvalue weighted by Gasteiger charge is 2.35. The number of nitrogens with two attached hydrogens (primary N) is 1. The first-order valence-electron chi connectivity index (χ1n) is 7.37. The third-order valence-electron chi connectivity index (χ3n) is 4.49. The number of hydrogen-bond acceptors (Lipinski definition) is 4. The fourth-order valence-corrected chi connectivity index (χ4v) is 3.71. The van der Waals surface area contributed by atoms with Crippen LogP contribution in [0.15, 0.2) is 16.8 Å². The average Bonchev–Trinajstić information content (AvgIpc) is 2.74. The maximum absolute atomic E-state index is 5.85. The molecule has 19 heavy (non-hydrogen) atoms. The van der Waals surface area contributed by atoms with Gasteiger partial charge < -0.3 is 0 Å². The van der Waals surface area contributed by atoms with Crippen LogP contribution in [0.1, 0.15) is 45.1 Å². The molecule has 1 aliphatic rings. The molecule has 0 spiro atoms. The predicted octanol–water partition coefficient (Wildman–Crippen LogP) is 2.78. The third kappa shape index (κ3) is 3.78. The summed E-state index contributed by atoms with van der Waals surface area (Å²) in [5, 5.41) is 4.37. The van der Waals surface area contributed by atoms with E-state index in [1.807, 2.05) is 0 Å². The normalized spacial score (nSPS) is 20.2. The van der Waals surface area contributed by atoms with Crippen molar-refractivity contribution in [3.05, 3.63) is 22.4 Å². The molecular weight excluding hydrogens is 254 g/mol. The minimum Gasteiger partial charge on any atom is -0.297 e. The lowest BCUT2D eigenvalue weighted by Crippen LogP contribution is -2.60. The Hall–Kier alpha value is -0.420. The summed E-state index contributed by atoms with van der Waals surface area (Å²) in [6, 6.07) is 2.49. The maximum Gasteiger partial charge on any atom is 0.0429 e. The van der Waals surface area contributed by atoms with Crippen LogP contribution in [0.25, 0.3) is 0 Å². The second-order valence-electron chi connectivity index (χ2n) is 6.11. The van der Waals surface area contributed by atoms with Crippen molar-refractivity contribution in [3.63, 3.8) is 0 Å². The SMILES string of the molecule is CC(C)(C(Cc1ccsc1)NN)N1CCCCCC1. The molecule has 0 radical (unpaired) electrons. The molecule has 1 fully saturated rings. The average molecular weight is 281 g/mol. The molecule has 1 aromatic heterocycles. The monoisotopic (exact) mass is 281 g/mol. The first-order chi connectivity index (χ1) is 9.14. The molecule has 3 nitrogen and oxygen atoms in total. The van der Waals surface area contributed by atoms with Crippen LogP contribution in [0.2, 0.25) is 0 Å². The molecule has 1 atom stereocenters. The van der Waals surface area contributed by atoms with Gasteiger partial charge in [0.25, 0.3) is 0 Å². The second kappa shape index (κ2) is 6.84. The Balaban J connectivity index is 2.05. The fraction of sp³-hybridized carbons (Fsp3) is 0.733. The number of rotatable bonds is 5. The first-order valence-corrected chi connectivity index (χ1v) is 8.31. The fourth-order valence-electron chi connectivity index (χ4n) is 3.02. The molecule has 4 heteroatoms. The van der Waals surface area contributed by atoms with Gasteiger partial charge in [0.1, 0.15) is 0 Å². The van der Waals surface area contributed by atoms with Gasteiger partial charge in [-0.05, 0) is 68.6 Å². The second-order valence-corrected chi connectivity index (χ2v) is 6.89. The van der Waals surface area contributed by atoms with Gasteiger partial charge in [-0.25, -0.2) is 0 Å². The molecule has 0 aromatic carbocycles. The Bertz CT molecular complexity index is 353. The lowest BCUT2D eigenvalue weighted by molar-refractivity contribution is 0.0835. The van der Waals surface area contributed by atoms with Crippen LogP contribution in [-0.4, -0.2) is 29.6 Å². The van der Waals surface area contributed by atoms with E-state index in [0.717, 1.165) is 6.42 Å². The predicted molar refractivity (Wildman–Crippen MR) is 83.3 cm³/mol. The molecule has 1 aliphatic heterocycles. The molecule has 0 saturated carbocycles. The van der Waals surface area contributed by atoms with Crippen molar-refractivity contribution in [2.75, 3.05) is 13.1 Å². The third-order valence-corrected chi connectivity index (χ3v) is 5.23. The molecule has 1 saturated heterocycles. The summed E-state index contributed by atoms with van der Waals surface area (Å²) < 4.78 is 0. The number of nitrogens with zero attached hydrogens (tertiary/aromatic N) is 1. The van der Waals surface area contributed by atoms with Crippen molar-refractivity contribution >= 4 is 11.3 Å². The van der Waals surface area contributed by atoms with E-state index in [-0.39, 0.29) is 5.54 Å². The number of nitrogens with one attached hydrogen (secondary N) is 1. The van der Waals surface area contributed by atoms with Gasteiger partial charge in [0.2, 0.25) is 0 Å². The zero-order valence-corrected chi connectivity index (χ0v) is 13.0. The number of hydrazine groups is 1. The summed E-state index contributed by atoms with van der Waals surface area (Å²) >= 11 is 1.76. The quantitative estimate of drug-likeness (QED) is 0.644. The summed E-state index contributed by atoms with van der Waals surface area (Å²) in [6.07, 6.45) is 6.39. The highest BCUT2D eigenvalue weighted by atomic mass is 32.1. The first kappa shape index (κ1) is 15.0. The van der Waals surface area contributed by atoms with E-state index < -0.39 is 0 Å². The lowest BCUT2D eigenvalue weighted by atomic mass is 9.88. The van der Waals surface area contributed by atoms with Gasteiger partial charge in [-0.2, -0.15) is 11.3 Å². The summed E-state index contributed by atoms with van der Waals surface area (Å²) in [5.41, 5.74) is 4.54. The Morgan fingerprint density at radius 3 is 2.53 bits per heavy atom. The summed E-state index contributed by atoms with van der Waals surface area (Å²) in [7, 11) is 0. The van der Waals surface area contributed by atoms with Gasteiger partial charge >= 0.3 is 0 Å². The molecule has 2 rings (SSSR count). The molecule has 1 aromatic rings. The van der Waals surface area contributed by atoms with E-state index in [9.17, 15) is 0 Å². The Morgan fingerprint density at radius 1 is 1.32 bits per heavy atom. The maximum atomic E-state index is 5.85.